The minimum absolute atomic E-state index is 0.0282. The van der Waals surface area contributed by atoms with Crippen LogP contribution in [0.2, 0.25) is 0 Å². The molecule has 7 nitrogen and oxygen atoms in total. The number of hydrogen-bond donors (Lipinski definition) is 4. The molecule has 2 heterocycles. The Bertz CT molecular complexity index is 918. The van der Waals surface area contributed by atoms with Gasteiger partial charge in [0.2, 0.25) is 0 Å². The minimum atomic E-state index is -0.998. The maximum atomic E-state index is 12.8. The Balaban J connectivity index is 1.62. The molecule has 3 amide bonds. The fraction of sp³-hybridized carbons (Fsp3) is 0.652. The smallest absolute Gasteiger partial charge is 0.322 e. The molecule has 162 valence electrons. The van der Waals surface area contributed by atoms with Gasteiger partial charge in [-0.2, -0.15) is 0 Å². The van der Waals surface area contributed by atoms with Crippen molar-refractivity contribution in [2.45, 2.75) is 75.0 Å². The molecule has 2 aliphatic heterocycles. The van der Waals surface area contributed by atoms with Gasteiger partial charge in [-0.05, 0) is 80.8 Å². The molecule has 0 unspecified atom stereocenters. The summed E-state index contributed by atoms with van der Waals surface area (Å²) < 4.78 is 0. The van der Waals surface area contributed by atoms with Gasteiger partial charge in [0.05, 0.1) is 5.60 Å². The van der Waals surface area contributed by atoms with Crippen LogP contribution in [0.15, 0.2) is 18.2 Å². The highest BCUT2D eigenvalue weighted by molar-refractivity contribution is 6.07. The van der Waals surface area contributed by atoms with Crippen LogP contribution in [-0.4, -0.2) is 57.3 Å². The molecule has 1 aromatic carbocycles. The summed E-state index contributed by atoms with van der Waals surface area (Å²) in [6.07, 6.45) is 3.73. The zero-order valence-electron chi connectivity index (χ0n) is 17.7. The third kappa shape index (κ3) is 2.57. The van der Waals surface area contributed by atoms with Crippen molar-refractivity contribution >= 4 is 11.9 Å². The Morgan fingerprint density at radius 2 is 2.03 bits per heavy atom. The number of aliphatic hydroxyl groups is 1. The predicted octanol–water partition coefficient (Wildman–Crippen LogP) is 1.80. The number of benzene rings is 1. The fourth-order valence-electron chi connectivity index (χ4n) is 6.66. The van der Waals surface area contributed by atoms with E-state index in [1.165, 1.54) is 0 Å². The Morgan fingerprint density at radius 3 is 2.73 bits per heavy atom. The van der Waals surface area contributed by atoms with Crippen LogP contribution in [0.4, 0.5) is 4.79 Å². The second-order valence-corrected chi connectivity index (χ2v) is 10.2. The van der Waals surface area contributed by atoms with Crippen LogP contribution >= 0.6 is 0 Å². The first-order valence-electron chi connectivity index (χ1n) is 11.1. The van der Waals surface area contributed by atoms with Crippen molar-refractivity contribution < 1.29 is 19.8 Å². The zero-order chi connectivity index (χ0) is 21.3. The molecule has 1 saturated carbocycles. The Kier molecular flexibility index (Phi) is 4.25. The summed E-state index contributed by atoms with van der Waals surface area (Å²) in [5.41, 5.74) is -0.599. The Morgan fingerprint density at radius 1 is 1.23 bits per heavy atom. The standard InChI is InChI=1S/C23H31N3O4/c1-14(2)5-9-26-10-8-21-13-22(19(28)24-20(29)25-22)6-7-23(21,30)18(26)11-15-3-4-16(27)12-17(15)21/h3-4,12,14,18,27,30H,5-11,13H2,1-2H3,(H2,24,25,28,29)/t18-,21-,22+,23-/m1/s1. The molecule has 4 atom stereocenters. The number of nitrogens with one attached hydrogen (secondary N) is 2. The topological polar surface area (TPSA) is 102 Å². The van der Waals surface area contributed by atoms with Crippen molar-refractivity contribution in [1.29, 1.82) is 0 Å². The van der Waals surface area contributed by atoms with Gasteiger partial charge in [0, 0.05) is 11.5 Å². The maximum absolute atomic E-state index is 12.8. The summed E-state index contributed by atoms with van der Waals surface area (Å²) in [6.45, 7) is 6.21. The number of carbonyl (C=O) groups excluding carboxylic acids is 2. The summed E-state index contributed by atoms with van der Waals surface area (Å²) in [6, 6.07) is 4.95. The number of rotatable bonds is 3. The molecule has 2 saturated heterocycles. The largest absolute Gasteiger partial charge is 0.508 e. The summed E-state index contributed by atoms with van der Waals surface area (Å²) >= 11 is 0. The highest BCUT2D eigenvalue weighted by Crippen LogP contribution is 2.60. The van der Waals surface area contributed by atoms with Gasteiger partial charge in [0.25, 0.3) is 5.91 Å². The Labute approximate surface area is 176 Å². The number of aromatic hydroxyl groups is 1. The van der Waals surface area contributed by atoms with Gasteiger partial charge in [-0.15, -0.1) is 0 Å². The third-order valence-electron chi connectivity index (χ3n) is 8.21. The van der Waals surface area contributed by atoms with Crippen molar-refractivity contribution in [2.75, 3.05) is 13.1 Å². The molecule has 2 aliphatic carbocycles. The van der Waals surface area contributed by atoms with Crippen molar-refractivity contribution in [3.05, 3.63) is 29.3 Å². The molecule has 2 bridgehead atoms. The van der Waals surface area contributed by atoms with Crippen LogP contribution in [0, 0.1) is 5.92 Å². The van der Waals surface area contributed by atoms with Crippen LogP contribution in [-0.2, 0) is 16.6 Å². The molecular formula is C23H31N3O4. The summed E-state index contributed by atoms with van der Waals surface area (Å²) in [5, 5.41) is 27.8. The zero-order valence-corrected chi connectivity index (χ0v) is 17.7. The average Bonchev–Trinajstić information content (AvgIpc) is 2.95. The molecule has 30 heavy (non-hydrogen) atoms. The van der Waals surface area contributed by atoms with Gasteiger partial charge in [-0.1, -0.05) is 19.9 Å². The van der Waals surface area contributed by atoms with E-state index >= 15 is 0 Å². The van der Waals surface area contributed by atoms with E-state index < -0.39 is 22.6 Å². The molecule has 4 N–H and O–H groups in total. The summed E-state index contributed by atoms with van der Waals surface area (Å²) in [7, 11) is 0. The van der Waals surface area contributed by atoms with Crippen LogP contribution in [0.1, 0.15) is 57.1 Å². The van der Waals surface area contributed by atoms with Crippen LogP contribution in [0.5, 0.6) is 5.75 Å². The van der Waals surface area contributed by atoms with E-state index in [0.717, 1.165) is 37.1 Å². The normalized spacial score (nSPS) is 37.7. The molecule has 4 aliphatic rings. The van der Waals surface area contributed by atoms with E-state index in [1.54, 1.807) is 12.1 Å². The summed E-state index contributed by atoms with van der Waals surface area (Å²) in [5.74, 6) is 0.465. The lowest BCUT2D eigenvalue weighted by Gasteiger charge is -2.65. The molecule has 1 aromatic rings. The number of phenolic OH excluding ortho intramolecular Hbond substituents is 1. The van der Waals surface area contributed by atoms with Gasteiger partial charge in [0.15, 0.2) is 0 Å². The number of hydrogen-bond acceptors (Lipinski definition) is 5. The first-order chi connectivity index (χ1) is 14.2. The SMILES string of the molecule is CC(C)CCN1CC[C@]23C[C@]4(CC[C@@]2(O)[C@H]1Cc1ccc(O)cc13)NC(=O)NC4=O. The molecule has 1 spiro atoms. The lowest BCUT2D eigenvalue weighted by Crippen LogP contribution is -2.76. The number of likely N-dealkylation sites (tertiary alicyclic amines) is 1. The second kappa shape index (κ2) is 6.44. The molecule has 0 radical (unpaired) electrons. The number of amides is 3. The van der Waals surface area contributed by atoms with Gasteiger partial charge in [0.1, 0.15) is 11.3 Å². The first kappa shape index (κ1) is 19.8. The monoisotopic (exact) mass is 413 g/mol. The second-order valence-electron chi connectivity index (χ2n) is 10.2. The molecule has 5 rings (SSSR count). The van der Waals surface area contributed by atoms with Crippen molar-refractivity contribution in [3.63, 3.8) is 0 Å². The van der Waals surface area contributed by atoms with Crippen LogP contribution < -0.4 is 10.6 Å². The van der Waals surface area contributed by atoms with Gasteiger partial charge in [-0.25, -0.2) is 4.79 Å². The molecular weight excluding hydrogens is 382 g/mol. The number of carbonyl (C=O) groups is 2. The van der Waals surface area contributed by atoms with E-state index in [9.17, 15) is 19.8 Å². The van der Waals surface area contributed by atoms with E-state index in [0.29, 0.717) is 31.6 Å². The van der Waals surface area contributed by atoms with Crippen molar-refractivity contribution in [1.82, 2.24) is 15.5 Å². The number of phenols is 1. The third-order valence-corrected chi connectivity index (χ3v) is 8.21. The van der Waals surface area contributed by atoms with E-state index in [1.807, 2.05) is 6.07 Å². The highest BCUT2D eigenvalue weighted by Gasteiger charge is 2.69. The van der Waals surface area contributed by atoms with Crippen LogP contribution in [0.25, 0.3) is 0 Å². The highest BCUT2D eigenvalue weighted by atomic mass is 16.3. The average molecular weight is 414 g/mol. The van der Waals surface area contributed by atoms with Gasteiger partial charge >= 0.3 is 6.03 Å². The number of nitrogens with zero attached hydrogens (tertiary/aromatic N) is 1. The number of fused-ring (bicyclic) bond motifs is 1. The quantitative estimate of drug-likeness (QED) is 0.566. The molecule has 7 heteroatoms. The molecule has 0 aromatic heterocycles. The number of piperidine rings is 1. The maximum Gasteiger partial charge on any atom is 0.322 e. The predicted molar refractivity (Wildman–Crippen MR) is 111 cm³/mol. The van der Waals surface area contributed by atoms with Crippen molar-refractivity contribution in [3.8, 4) is 5.75 Å². The summed E-state index contributed by atoms with van der Waals surface area (Å²) in [4.78, 5) is 27.2. The molecule has 3 fully saturated rings. The van der Waals surface area contributed by atoms with Crippen molar-refractivity contribution in [2.24, 2.45) is 5.92 Å². The van der Waals surface area contributed by atoms with Gasteiger partial charge in [-0.3, -0.25) is 15.0 Å². The Hall–Kier alpha value is -2.12. The van der Waals surface area contributed by atoms with Gasteiger partial charge < -0.3 is 15.5 Å². The van der Waals surface area contributed by atoms with E-state index in [2.05, 4.69) is 29.4 Å². The lowest BCUT2D eigenvalue weighted by molar-refractivity contribution is -0.180. The van der Waals surface area contributed by atoms with E-state index in [-0.39, 0.29) is 17.7 Å². The number of urea groups is 1. The minimum Gasteiger partial charge on any atom is -0.508 e. The van der Waals surface area contributed by atoms with Crippen LogP contribution in [0.3, 0.4) is 0 Å². The lowest BCUT2D eigenvalue weighted by atomic mass is 9.46. The fourth-order valence-corrected chi connectivity index (χ4v) is 6.66. The van der Waals surface area contributed by atoms with E-state index in [4.69, 9.17) is 0 Å². The number of imide groups is 1. The first-order valence-corrected chi connectivity index (χ1v) is 11.1.